The Morgan fingerprint density at radius 1 is 1.15 bits per heavy atom. The van der Waals surface area contributed by atoms with E-state index in [2.05, 4.69) is 37.9 Å². The van der Waals surface area contributed by atoms with Crippen molar-refractivity contribution < 1.29 is 13.9 Å². The van der Waals surface area contributed by atoms with Gasteiger partial charge >= 0.3 is 0 Å². The van der Waals surface area contributed by atoms with Crippen molar-refractivity contribution in [2.45, 2.75) is 12.8 Å². The Morgan fingerprint density at radius 2 is 2.00 bits per heavy atom. The summed E-state index contributed by atoms with van der Waals surface area (Å²) < 4.78 is 25.8. The van der Waals surface area contributed by atoms with Gasteiger partial charge in [-0.15, -0.1) is 0 Å². The van der Waals surface area contributed by atoms with Gasteiger partial charge in [0.05, 0.1) is 24.3 Å². The summed E-state index contributed by atoms with van der Waals surface area (Å²) in [6.45, 7) is 0.606. The number of benzene rings is 2. The Labute approximate surface area is 175 Å². The molecule has 8 heteroatoms. The van der Waals surface area contributed by atoms with Crippen LogP contribution in [0.2, 0.25) is 5.02 Å². The predicted octanol–water partition coefficient (Wildman–Crippen LogP) is 5.77. The topological polar surface area (TPSA) is 56.3 Å². The number of hydrogen-bond acceptors (Lipinski definition) is 5. The molecule has 0 atom stereocenters. The molecule has 0 aliphatic rings. The molecule has 0 aliphatic heterocycles. The molecule has 1 heterocycles. The smallest absolute Gasteiger partial charge is 0.162 e. The van der Waals surface area contributed by atoms with Gasteiger partial charge in [-0.05, 0) is 41.5 Å². The van der Waals surface area contributed by atoms with Crippen LogP contribution in [-0.2, 0) is 0 Å². The van der Waals surface area contributed by atoms with Crippen molar-refractivity contribution >= 4 is 56.6 Å². The third-order valence-corrected chi connectivity index (χ3v) is 4.94. The van der Waals surface area contributed by atoms with Gasteiger partial charge in [-0.25, -0.2) is 14.4 Å². The highest BCUT2D eigenvalue weighted by Gasteiger charge is 2.12. The van der Waals surface area contributed by atoms with E-state index in [1.54, 1.807) is 13.2 Å². The minimum Gasteiger partial charge on any atom is -0.493 e. The van der Waals surface area contributed by atoms with Crippen LogP contribution in [0.5, 0.6) is 11.5 Å². The molecule has 0 bridgehead atoms. The predicted molar refractivity (Wildman–Crippen MR) is 114 cm³/mol. The van der Waals surface area contributed by atoms with Crippen molar-refractivity contribution in [3.05, 3.63) is 47.5 Å². The Hall–Kier alpha value is -1.87. The number of hydrogen-bond donors (Lipinski definition) is 1. The minimum atomic E-state index is -0.471. The molecule has 0 amide bonds. The van der Waals surface area contributed by atoms with Gasteiger partial charge in [-0.1, -0.05) is 34.2 Å². The van der Waals surface area contributed by atoms with E-state index in [0.29, 0.717) is 35.1 Å². The standard InChI is InChI=1S/C19H18ClFIN3O2/c1-26-17-10-16-13(9-18(17)27-7-3-2-6-22)19(24-11-23-16)25-12-4-5-15(21)14(20)8-12/h4-5,8-11H,2-3,6-7H2,1H3,(H,23,24,25). The number of halogens is 3. The van der Waals surface area contributed by atoms with Crippen LogP contribution in [0, 0.1) is 5.82 Å². The van der Waals surface area contributed by atoms with Crippen LogP contribution in [0.3, 0.4) is 0 Å². The van der Waals surface area contributed by atoms with E-state index in [-0.39, 0.29) is 5.02 Å². The normalized spacial score (nSPS) is 10.8. The van der Waals surface area contributed by atoms with Gasteiger partial charge in [-0.3, -0.25) is 0 Å². The number of anilines is 2. The highest BCUT2D eigenvalue weighted by atomic mass is 127. The molecule has 0 unspecified atom stereocenters. The number of nitrogens with zero attached hydrogens (tertiary/aromatic N) is 2. The molecule has 27 heavy (non-hydrogen) atoms. The Bertz CT molecular complexity index is 942. The summed E-state index contributed by atoms with van der Waals surface area (Å²) in [6, 6.07) is 8.08. The first-order valence-corrected chi connectivity index (χ1v) is 10.3. The minimum absolute atomic E-state index is 0.0410. The molecule has 1 aromatic heterocycles. The molecular weight excluding hydrogens is 484 g/mol. The van der Waals surface area contributed by atoms with Crippen molar-refractivity contribution in [2.24, 2.45) is 0 Å². The van der Waals surface area contributed by atoms with E-state index in [4.69, 9.17) is 21.1 Å². The van der Waals surface area contributed by atoms with Gasteiger partial charge in [0, 0.05) is 17.1 Å². The number of alkyl halides is 1. The van der Waals surface area contributed by atoms with Gasteiger partial charge in [0.15, 0.2) is 11.5 Å². The van der Waals surface area contributed by atoms with Crippen LogP contribution >= 0.6 is 34.2 Å². The van der Waals surface area contributed by atoms with Crippen LogP contribution in [0.15, 0.2) is 36.7 Å². The zero-order valence-electron chi connectivity index (χ0n) is 14.6. The van der Waals surface area contributed by atoms with Gasteiger partial charge in [-0.2, -0.15) is 0 Å². The summed E-state index contributed by atoms with van der Waals surface area (Å²) in [7, 11) is 1.60. The highest BCUT2D eigenvalue weighted by Crippen LogP contribution is 2.35. The number of methoxy groups -OCH3 is 1. The van der Waals surface area contributed by atoms with Crippen LogP contribution in [0.4, 0.5) is 15.9 Å². The number of nitrogens with one attached hydrogen (secondary N) is 1. The molecule has 3 rings (SSSR count). The zero-order chi connectivity index (χ0) is 19.2. The molecule has 0 saturated carbocycles. The number of fused-ring (bicyclic) bond motifs is 1. The summed E-state index contributed by atoms with van der Waals surface area (Å²) >= 11 is 8.21. The monoisotopic (exact) mass is 501 g/mol. The number of rotatable bonds is 8. The second kappa shape index (κ2) is 9.36. The molecule has 0 fully saturated rings. The van der Waals surface area contributed by atoms with Gasteiger partial charge in [0.25, 0.3) is 0 Å². The van der Waals surface area contributed by atoms with Crippen LogP contribution < -0.4 is 14.8 Å². The van der Waals surface area contributed by atoms with Crippen molar-refractivity contribution in [1.29, 1.82) is 0 Å². The number of aromatic nitrogens is 2. The molecular formula is C19H18ClFIN3O2. The fourth-order valence-electron chi connectivity index (χ4n) is 2.53. The molecule has 0 spiro atoms. The molecule has 2 aromatic carbocycles. The van der Waals surface area contributed by atoms with Gasteiger partial charge < -0.3 is 14.8 Å². The SMILES string of the molecule is COc1cc2ncnc(Nc3ccc(F)c(Cl)c3)c2cc1OCCCCI. The Kier molecular flexibility index (Phi) is 6.89. The number of ether oxygens (including phenoxy) is 2. The second-order valence-corrected chi connectivity index (χ2v) is 7.23. The van der Waals surface area contributed by atoms with E-state index < -0.39 is 5.82 Å². The van der Waals surface area contributed by atoms with Crippen molar-refractivity contribution in [3.8, 4) is 11.5 Å². The number of unbranched alkanes of at least 4 members (excludes halogenated alkanes) is 1. The Morgan fingerprint density at radius 3 is 2.74 bits per heavy atom. The van der Waals surface area contributed by atoms with Crippen LogP contribution in [0.1, 0.15) is 12.8 Å². The van der Waals surface area contributed by atoms with E-state index >= 15 is 0 Å². The van der Waals surface area contributed by atoms with Gasteiger partial charge in [0.1, 0.15) is 18.0 Å². The third kappa shape index (κ3) is 4.90. The summed E-state index contributed by atoms with van der Waals surface area (Å²) in [5, 5.41) is 3.96. The molecule has 3 aromatic rings. The zero-order valence-corrected chi connectivity index (χ0v) is 17.6. The van der Waals surface area contributed by atoms with E-state index in [0.717, 1.165) is 22.7 Å². The summed E-state index contributed by atoms with van der Waals surface area (Å²) in [5.41, 5.74) is 1.33. The maximum absolute atomic E-state index is 13.4. The summed E-state index contributed by atoms with van der Waals surface area (Å²) in [6.07, 6.45) is 3.52. The first-order valence-electron chi connectivity index (χ1n) is 8.36. The average molecular weight is 502 g/mol. The third-order valence-electron chi connectivity index (χ3n) is 3.89. The maximum Gasteiger partial charge on any atom is 0.162 e. The summed E-state index contributed by atoms with van der Waals surface area (Å²) in [5.74, 6) is 1.35. The van der Waals surface area contributed by atoms with Crippen LogP contribution in [-0.4, -0.2) is 28.1 Å². The van der Waals surface area contributed by atoms with Crippen molar-refractivity contribution in [2.75, 3.05) is 23.5 Å². The molecule has 0 saturated heterocycles. The van der Waals surface area contributed by atoms with Crippen LogP contribution in [0.25, 0.3) is 10.9 Å². The lowest BCUT2D eigenvalue weighted by atomic mass is 10.2. The van der Waals surface area contributed by atoms with Crippen molar-refractivity contribution in [1.82, 2.24) is 9.97 Å². The lowest BCUT2D eigenvalue weighted by Crippen LogP contribution is -2.01. The molecule has 0 radical (unpaired) electrons. The van der Waals surface area contributed by atoms with E-state index in [1.807, 2.05) is 12.1 Å². The first-order chi connectivity index (χ1) is 13.1. The van der Waals surface area contributed by atoms with Crippen molar-refractivity contribution in [3.63, 3.8) is 0 Å². The summed E-state index contributed by atoms with van der Waals surface area (Å²) in [4.78, 5) is 8.61. The molecule has 142 valence electrons. The average Bonchev–Trinajstić information content (AvgIpc) is 2.68. The van der Waals surface area contributed by atoms with E-state index in [9.17, 15) is 4.39 Å². The highest BCUT2D eigenvalue weighted by molar-refractivity contribution is 14.1. The van der Waals surface area contributed by atoms with Gasteiger partial charge in [0.2, 0.25) is 0 Å². The Balaban J connectivity index is 1.94. The lowest BCUT2D eigenvalue weighted by molar-refractivity contribution is 0.289. The quantitative estimate of drug-likeness (QED) is 0.241. The first kappa shape index (κ1) is 19.9. The fourth-order valence-corrected chi connectivity index (χ4v) is 3.25. The molecule has 5 nitrogen and oxygen atoms in total. The fraction of sp³-hybridized carbons (Fsp3) is 0.263. The van der Waals surface area contributed by atoms with E-state index in [1.165, 1.54) is 18.5 Å². The largest absolute Gasteiger partial charge is 0.493 e. The second-order valence-electron chi connectivity index (χ2n) is 5.74. The lowest BCUT2D eigenvalue weighted by Gasteiger charge is -2.14. The maximum atomic E-state index is 13.4. The molecule has 0 aliphatic carbocycles. The molecule has 1 N–H and O–H groups in total.